The number of carbonyl (C=O) groups excluding carboxylic acids is 8. The SMILES string of the molecule is C.C.CCCOCCCNC(=O)CCCC(=O)NC(CCC(=O)NCCCNC(=O)CCO[C@@H]1OC(CO)[C@H](O)C(O)[C@@H]1C)(CCC(=O)NCCCNC(=O)CCO[C@@H]1OC(CO)[C@H](O)C(O)[C@@H]1C)CCC(=O)NCCCNC(=O)CCO[C@@H]1OC(CO)[C@H](O)C(O)[C@@H]1C.COP(=O)(O)OCCCCCCN. The van der Waals surface area contributed by atoms with Gasteiger partial charge in [-0.05, 0) is 77.2 Å². The highest BCUT2D eigenvalue weighted by atomic mass is 31.2. The summed E-state index contributed by atoms with van der Waals surface area (Å²) in [4.78, 5) is 114. The van der Waals surface area contributed by atoms with Crippen molar-refractivity contribution in [1.82, 2.24) is 42.5 Å². The van der Waals surface area contributed by atoms with E-state index in [1.54, 1.807) is 20.8 Å². The number of hydrogen-bond donors (Lipinski definition) is 19. The minimum Gasteiger partial charge on any atom is -0.394 e. The number of nitrogens with two attached hydrogens (primary N) is 1. The standard InChI is InChI=1S/C60H108N8O24.C7H18NO4P.2CH4/c1-5-29-86-30-10-28-67-43(72)11-6-12-50(79)68-60(19-13-44(73)61-22-7-25-64-47(76)16-31-87-57-37(2)51(80)54(83)40(34-69)90-57,20-14-45(74)62-23-8-26-65-48(77)17-32-88-58-38(3)52(81)55(84)41(35-70)91-58)21-15-46(75)63-24-9-27-66-49(78)18-33-89-59-39(4)53(82)56(85)42(36-71)92-59;1-11-13(9,10)12-7-5-3-2-4-6-8;;/h37-42,51-59,69-71,80-85H,5-36H2,1-4H3,(H,61,73)(H,62,74)(H,63,75)(H,64,76)(H,65,77)(H,66,78)(H,67,72)(H,68,79);2-8H2,1H3,(H,9,10);2*1H4/t37-,38-,39-,40?,41?,42?,51?,52?,53?,54-,55-,56-,57+,58+,59+,60?;;;/m0.../s1. The fourth-order valence-electron chi connectivity index (χ4n) is 11.2. The number of nitrogens with one attached hydrogen (secondary N) is 8. The minimum atomic E-state index is -3.75. The average molecular weight is 1570 g/mol. The number of hydrogen-bond acceptors (Lipinski definition) is 28. The van der Waals surface area contributed by atoms with Gasteiger partial charge in [-0.15, -0.1) is 0 Å². The molecule has 3 saturated heterocycles. The van der Waals surface area contributed by atoms with E-state index < -0.39 is 148 Å². The zero-order valence-electron chi connectivity index (χ0n) is 61.9. The predicted octanol–water partition coefficient (Wildman–Crippen LogP) is -1.86. The molecule has 16 atom stereocenters. The van der Waals surface area contributed by atoms with Crippen molar-refractivity contribution in [2.45, 2.75) is 257 Å². The second kappa shape index (κ2) is 59.0. The van der Waals surface area contributed by atoms with Gasteiger partial charge in [0.15, 0.2) is 18.9 Å². The third-order valence-electron chi connectivity index (χ3n) is 17.8. The van der Waals surface area contributed by atoms with Gasteiger partial charge in [0.1, 0.15) is 36.6 Å². The summed E-state index contributed by atoms with van der Waals surface area (Å²) in [5, 5.41) is 112. The Morgan fingerprint density at radius 1 is 0.411 bits per heavy atom. The lowest BCUT2D eigenvalue weighted by Gasteiger charge is -2.40. The Kier molecular flexibility index (Phi) is 56.4. The normalized spacial score (nSPS) is 25.1. The molecule has 0 radical (unpaired) electrons. The predicted molar refractivity (Wildman–Crippen MR) is 389 cm³/mol. The van der Waals surface area contributed by atoms with Crippen LogP contribution in [0.3, 0.4) is 0 Å². The Hall–Kier alpha value is -4.81. The molecule has 3 rings (SSSR count). The van der Waals surface area contributed by atoms with Crippen molar-refractivity contribution >= 4 is 55.1 Å². The van der Waals surface area contributed by atoms with Crippen molar-refractivity contribution in [3.8, 4) is 0 Å². The van der Waals surface area contributed by atoms with E-state index in [-0.39, 0.29) is 181 Å². The molecule has 37 nitrogen and oxygen atoms in total. The van der Waals surface area contributed by atoms with Gasteiger partial charge in [-0.2, -0.15) is 0 Å². The molecule has 8 amide bonds. The fourth-order valence-corrected chi connectivity index (χ4v) is 11.6. The number of amides is 8. The molecule has 0 saturated carbocycles. The van der Waals surface area contributed by atoms with Crippen LogP contribution in [0.25, 0.3) is 0 Å². The van der Waals surface area contributed by atoms with Gasteiger partial charge in [0.25, 0.3) is 0 Å². The molecule has 0 aliphatic carbocycles. The molecule has 3 heterocycles. The van der Waals surface area contributed by atoms with Crippen LogP contribution in [0, 0.1) is 17.8 Å². The number of carbonyl (C=O) groups is 8. The molecule has 0 bridgehead atoms. The van der Waals surface area contributed by atoms with Crippen LogP contribution in [0.5, 0.6) is 0 Å². The topological polar surface area (TPSA) is 561 Å². The molecule has 7 unspecified atom stereocenters. The number of aliphatic hydroxyl groups is 9. The lowest BCUT2D eigenvalue weighted by atomic mass is 9.82. The van der Waals surface area contributed by atoms with Gasteiger partial charge in [-0.1, -0.05) is 55.4 Å². The molecule has 38 heteroatoms. The first-order chi connectivity index (χ1) is 50.1. The van der Waals surface area contributed by atoms with Gasteiger partial charge in [0.05, 0.1) is 83.8 Å². The zero-order valence-corrected chi connectivity index (χ0v) is 62.8. The van der Waals surface area contributed by atoms with Crippen molar-refractivity contribution in [2.75, 3.05) is 119 Å². The summed E-state index contributed by atoms with van der Waals surface area (Å²) in [7, 11) is -2.61. The molecule has 3 fully saturated rings. The van der Waals surface area contributed by atoms with Crippen LogP contribution in [0.2, 0.25) is 0 Å². The highest BCUT2D eigenvalue weighted by molar-refractivity contribution is 7.47. The average Bonchev–Trinajstić information content (AvgIpc) is 0.847. The van der Waals surface area contributed by atoms with Crippen LogP contribution in [-0.2, 0) is 85.1 Å². The Morgan fingerprint density at radius 3 is 1.06 bits per heavy atom. The van der Waals surface area contributed by atoms with E-state index >= 15 is 0 Å². The quantitative estimate of drug-likeness (QED) is 0.0234. The first-order valence-electron chi connectivity index (χ1n) is 36.8. The summed E-state index contributed by atoms with van der Waals surface area (Å²) in [5.41, 5.74) is 3.98. The highest BCUT2D eigenvalue weighted by Gasteiger charge is 2.45. The number of unbranched alkanes of at least 4 members (excludes halogenated alkanes) is 3. The number of aliphatic hydroxyl groups excluding tert-OH is 9. The van der Waals surface area contributed by atoms with Crippen LogP contribution >= 0.6 is 7.82 Å². The maximum Gasteiger partial charge on any atom is 0.471 e. The largest absolute Gasteiger partial charge is 0.471 e. The summed E-state index contributed by atoms with van der Waals surface area (Å²) in [6, 6.07) is 0. The Balaban J connectivity index is 0.00000678. The van der Waals surface area contributed by atoms with Gasteiger partial charge >= 0.3 is 7.82 Å². The smallest absolute Gasteiger partial charge is 0.394 e. The van der Waals surface area contributed by atoms with E-state index in [1.807, 2.05) is 6.92 Å². The number of phosphoric acid groups is 1. The third-order valence-corrected chi connectivity index (χ3v) is 18.8. The first-order valence-corrected chi connectivity index (χ1v) is 38.3. The molecule has 3 aliphatic rings. The van der Waals surface area contributed by atoms with E-state index in [4.69, 9.17) is 43.8 Å². The lowest BCUT2D eigenvalue weighted by Crippen LogP contribution is -2.55. The van der Waals surface area contributed by atoms with E-state index in [1.165, 1.54) is 0 Å². The monoisotopic (exact) mass is 1570 g/mol. The first kappa shape index (κ1) is 102. The summed E-state index contributed by atoms with van der Waals surface area (Å²) in [6.07, 6.45) is -8.10. The lowest BCUT2D eigenvalue weighted by molar-refractivity contribution is -0.282. The second-order valence-electron chi connectivity index (χ2n) is 26.4. The Bertz CT molecular complexity index is 2310. The Labute approximate surface area is 630 Å². The molecule has 0 aromatic heterocycles. The summed E-state index contributed by atoms with van der Waals surface area (Å²) in [6.45, 7) is 8.31. The second-order valence-corrected chi connectivity index (χ2v) is 28.0. The van der Waals surface area contributed by atoms with Crippen LogP contribution in [0.1, 0.15) is 177 Å². The maximum atomic E-state index is 13.9. The highest BCUT2D eigenvalue weighted by Crippen LogP contribution is 2.42. The number of rotatable bonds is 55. The molecular formula is C69H134N9O28P. The summed E-state index contributed by atoms with van der Waals surface area (Å²) in [5.74, 6) is -5.05. The third kappa shape index (κ3) is 43.0. The van der Waals surface area contributed by atoms with Gasteiger partial charge < -0.3 is 132 Å². The Morgan fingerprint density at radius 2 is 0.729 bits per heavy atom. The maximum absolute atomic E-state index is 13.9. The van der Waals surface area contributed by atoms with Crippen molar-refractivity contribution in [1.29, 1.82) is 0 Å². The molecule has 0 aromatic carbocycles. The van der Waals surface area contributed by atoms with Crippen LogP contribution in [0.15, 0.2) is 0 Å². The van der Waals surface area contributed by atoms with Crippen molar-refractivity contribution < 1.29 is 136 Å². The van der Waals surface area contributed by atoms with Gasteiger partial charge in [-0.3, -0.25) is 47.4 Å². The number of ether oxygens (including phenoxy) is 7. The summed E-state index contributed by atoms with van der Waals surface area (Å²) < 4.78 is 58.6. The van der Waals surface area contributed by atoms with E-state index in [9.17, 15) is 88.9 Å². The molecule has 0 aromatic rings. The van der Waals surface area contributed by atoms with Gasteiger partial charge in [0, 0.05) is 122 Å². The molecular weight excluding hydrogens is 1430 g/mol. The van der Waals surface area contributed by atoms with Crippen molar-refractivity contribution in [3.05, 3.63) is 0 Å². The number of phosphoric ester groups is 1. The summed E-state index contributed by atoms with van der Waals surface area (Å²) >= 11 is 0. The zero-order chi connectivity index (χ0) is 78.2. The van der Waals surface area contributed by atoms with Gasteiger partial charge in [0.2, 0.25) is 47.3 Å². The van der Waals surface area contributed by atoms with E-state index in [2.05, 4.69) is 51.6 Å². The van der Waals surface area contributed by atoms with Crippen molar-refractivity contribution in [2.24, 2.45) is 23.5 Å². The van der Waals surface area contributed by atoms with Gasteiger partial charge in [-0.25, -0.2) is 4.57 Å². The molecule has 0 spiro atoms. The van der Waals surface area contributed by atoms with Crippen molar-refractivity contribution in [3.63, 3.8) is 0 Å². The minimum absolute atomic E-state index is 0. The van der Waals surface area contributed by atoms with E-state index in [0.717, 1.165) is 39.2 Å². The molecule has 107 heavy (non-hydrogen) atoms. The van der Waals surface area contributed by atoms with Crippen LogP contribution < -0.4 is 48.3 Å². The molecule has 628 valence electrons. The fraction of sp³-hybridized carbons (Fsp3) is 0.884. The van der Waals surface area contributed by atoms with Crippen LogP contribution in [0.4, 0.5) is 0 Å². The van der Waals surface area contributed by atoms with Crippen LogP contribution in [-0.4, -0.2) is 296 Å². The molecule has 20 N–H and O–H groups in total. The molecule has 3 aliphatic heterocycles. The van der Waals surface area contributed by atoms with E-state index in [0.29, 0.717) is 52.0 Å².